The summed E-state index contributed by atoms with van der Waals surface area (Å²) in [5.74, 6) is 0.772. The van der Waals surface area contributed by atoms with E-state index in [2.05, 4.69) is 0 Å². The Morgan fingerprint density at radius 3 is 2.95 bits per heavy atom. The number of aliphatic carboxylic acids is 1. The predicted octanol–water partition coefficient (Wildman–Crippen LogP) is 2.57. The lowest BCUT2D eigenvalue weighted by Gasteiger charge is -2.21. The molecule has 3 rings (SSSR count). The molecule has 1 aliphatic carbocycles. The minimum Gasteiger partial charge on any atom is -0.493 e. The van der Waals surface area contributed by atoms with Gasteiger partial charge >= 0.3 is 5.97 Å². The second kappa shape index (κ2) is 5.62. The first-order valence-electron chi connectivity index (χ1n) is 7.00. The van der Waals surface area contributed by atoms with Gasteiger partial charge < -0.3 is 9.84 Å². The van der Waals surface area contributed by atoms with Crippen molar-refractivity contribution < 1.29 is 14.6 Å². The summed E-state index contributed by atoms with van der Waals surface area (Å²) in [6.07, 6.45) is 3.30. The van der Waals surface area contributed by atoms with Gasteiger partial charge in [0.15, 0.2) is 0 Å². The summed E-state index contributed by atoms with van der Waals surface area (Å²) in [5, 5.41) is 9.74. The number of carboxylic acids is 1. The quantitative estimate of drug-likeness (QED) is 0.876. The molecule has 4 nitrogen and oxygen atoms in total. The van der Waals surface area contributed by atoms with Gasteiger partial charge in [-0.2, -0.15) is 0 Å². The summed E-state index contributed by atoms with van der Waals surface area (Å²) in [4.78, 5) is 13.0. The number of carbonyl (C=O) groups is 1. The van der Waals surface area contributed by atoms with Crippen LogP contribution >= 0.6 is 11.6 Å². The van der Waals surface area contributed by atoms with Gasteiger partial charge in [-0.25, -0.2) is 0 Å². The summed E-state index contributed by atoms with van der Waals surface area (Å²) in [6.45, 7) is 2.18. The van der Waals surface area contributed by atoms with E-state index in [1.165, 1.54) is 12.8 Å². The van der Waals surface area contributed by atoms with E-state index in [4.69, 9.17) is 21.4 Å². The Labute approximate surface area is 123 Å². The molecule has 1 heterocycles. The molecule has 0 spiro atoms. The minimum atomic E-state index is -0.787. The van der Waals surface area contributed by atoms with Crippen LogP contribution in [0.5, 0.6) is 5.75 Å². The fraction of sp³-hybridized carbons (Fsp3) is 0.533. The third-order valence-corrected chi connectivity index (χ3v) is 4.01. The van der Waals surface area contributed by atoms with E-state index in [0.717, 1.165) is 29.8 Å². The van der Waals surface area contributed by atoms with E-state index in [0.29, 0.717) is 24.1 Å². The van der Waals surface area contributed by atoms with E-state index in [1.807, 2.05) is 17.0 Å². The van der Waals surface area contributed by atoms with Gasteiger partial charge in [0.1, 0.15) is 5.75 Å². The van der Waals surface area contributed by atoms with E-state index >= 15 is 0 Å². The van der Waals surface area contributed by atoms with E-state index in [9.17, 15) is 4.79 Å². The van der Waals surface area contributed by atoms with Gasteiger partial charge in [0.2, 0.25) is 0 Å². The van der Waals surface area contributed by atoms with Gasteiger partial charge in [-0.05, 0) is 36.5 Å². The lowest BCUT2D eigenvalue weighted by Crippen LogP contribution is -2.31. The molecular formula is C15H18ClNO3. The Bertz CT molecular complexity index is 528. The fourth-order valence-corrected chi connectivity index (χ4v) is 3.01. The molecule has 1 fully saturated rings. The number of ether oxygens (including phenoxy) is 1. The number of halogens is 1. The minimum absolute atomic E-state index is 0.0672. The molecule has 1 aromatic carbocycles. The van der Waals surface area contributed by atoms with E-state index in [-0.39, 0.29) is 6.54 Å². The van der Waals surface area contributed by atoms with Gasteiger partial charge in [-0.15, -0.1) is 0 Å². The Kier molecular flexibility index (Phi) is 3.85. The molecule has 1 N–H and O–H groups in total. The predicted molar refractivity (Wildman–Crippen MR) is 76.3 cm³/mol. The number of hydrogen-bond acceptors (Lipinski definition) is 3. The van der Waals surface area contributed by atoms with Crippen LogP contribution < -0.4 is 4.74 Å². The summed E-state index contributed by atoms with van der Waals surface area (Å²) in [6, 6.07) is 3.84. The molecule has 20 heavy (non-hydrogen) atoms. The molecule has 0 saturated heterocycles. The Hall–Kier alpha value is -1.26. The van der Waals surface area contributed by atoms with Crippen LogP contribution in [0.3, 0.4) is 0 Å². The van der Waals surface area contributed by atoms with Crippen LogP contribution in [0.2, 0.25) is 5.02 Å². The molecule has 0 atom stereocenters. The first-order valence-corrected chi connectivity index (χ1v) is 7.38. The zero-order valence-electron chi connectivity index (χ0n) is 11.3. The number of benzene rings is 1. The highest BCUT2D eigenvalue weighted by molar-refractivity contribution is 6.30. The molecular weight excluding hydrogens is 278 g/mol. The molecule has 0 aromatic heterocycles. The number of fused-ring (bicyclic) bond motifs is 1. The highest BCUT2D eigenvalue weighted by Crippen LogP contribution is 2.35. The maximum atomic E-state index is 11.0. The molecule has 5 heteroatoms. The van der Waals surface area contributed by atoms with E-state index in [1.54, 1.807) is 0 Å². The van der Waals surface area contributed by atoms with Crippen molar-refractivity contribution in [3.63, 3.8) is 0 Å². The van der Waals surface area contributed by atoms with Crippen LogP contribution in [0, 0.1) is 5.92 Å². The first kappa shape index (κ1) is 13.7. The average Bonchev–Trinajstić information content (AvgIpc) is 3.03. The SMILES string of the molecule is O=C(O)CN(Cc1cc(Cl)cc2c1OCC2)CC1CC1. The number of carboxylic acid groups (broad SMARTS) is 1. The zero-order valence-corrected chi connectivity index (χ0v) is 12.0. The second-order valence-electron chi connectivity index (χ2n) is 5.66. The largest absolute Gasteiger partial charge is 0.493 e. The highest BCUT2D eigenvalue weighted by atomic mass is 35.5. The Balaban J connectivity index is 1.78. The lowest BCUT2D eigenvalue weighted by molar-refractivity contribution is -0.138. The topological polar surface area (TPSA) is 49.8 Å². The van der Waals surface area contributed by atoms with Crippen molar-refractivity contribution in [2.75, 3.05) is 19.7 Å². The molecule has 2 aliphatic rings. The molecule has 0 bridgehead atoms. The first-order chi connectivity index (χ1) is 9.61. The lowest BCUT2D eigenvalue weighted by atomic mass is 10.1. The summed E-state index contributed by atoms with van der Waals surface area (Å²) < 4.78 is 5.68. The Morgan fingerprint density at radius 2 is 2.25 bits per heavy atom. The molecule has 0 unspecified atom stereocenters. The summed E-state index contributed by atoms with van der Waals surface area (Å²) in [5.41, 5.74) is 2.14. The van der Waals surface area contributed by atoms with Crippen molar-refractivity contribution >= 4 is 17.6 Å². The maximum Gasteiger partial charge on any atom is 0.317 e. The highest BCUT2D eigenvalue weighted by Gasteiger charge is 2.27. The van der Waals surface area contributed by atoms with Crippen molar-refractivity contribution in [3.8, 4) is 5.75 Å². The van der Waals surface area contributed by atoms with Crippen LogP contribution in [0.15, 0.2) is 12.1 Å². The maximum absolute atomic E-state index is 11.0. The zero-order chi connectivity index (χ0) is 14.1. The van der Waals surface area contributed by atoms with Crippen molar-refractivity contribution in [1.29, 1.82) is 0 Å². The van der Waals surface area contributed by atoms with Crippen LogP contribution in [0.25, 0.3) is 0 Å². The van der Waals surface area contributed by atoms with Crippen LogP contribution in [-0.4, -0.2) is 35.7 Å². The monoisotopic (exact) mass is 295 g/mol. The fourth-order valence-electron chi connectivity index (χ4n) is 2.75. The van der Waals surface area contributed by atoms with Gasteiger partial charge in [-0.3, -0.25) is 9.69 Å². The van der Waals surface area contributed by atoms with Crippen molar-refractivity contribution in [1.82, 2.24) is 4.90 Å². The second-order valence-corrected chi connectivity index (χ2v) is 6.09. The van der Waals surface area contributed by atoms with Gasteiger partial charge in [0, 0.05) is 30.1 Å². The number of hydrogen-bond donors (Lipinski definition) is 1. The van der Waals surface area contributed by atoms with Crippen molar-refractivity contribution in [2.24, 2.45) is 5.92 Å². The van der Waals surface area contributed by atoms with Crippen LogP contribution in [0.4, 0.5) is 0 Å². The van der Waals surface area contributed by atoms with E-state index < -0.39 is 5.97 Å². The molecule has 108 valence electrons. The van der Waals surface area contributed by atoms with Gasteiger partial charge in [0.05, 0.1) is 13.2 Å². The molecule has 1 aliphatic heterocycles. The van der Waals surface area contributed by atoms with Gasteiger partial charge in [0.25, 0.3) is 0 Å². The standard InChI is InChI=1S/C15H18ClNO3/c16-13-5-11-3-4-20-15(11)12(6-13)8-17(9-14(18)19)7-10-1-2-10/h5-6,10H,1-4,7-9H2,(H,18,19). The third kappa shape index (κ3) is 3.25. The summed E-state index contributed by atoms with van der Waals surface area (Å²) in [7, 11) is 0. The molecule has 0 amide bonds. The van der Waals surface area contributed by atoms with Crippen molar-refractivity contribution in [3.05, 3.63) is 28.3 Å². The normalized spacial score (nSPS) is 17.1. The number of nitrogens with zero attached hydrogens (tertiary/aromatic N) is 1. The van der Waals surface area contributed by atoms with Crippen molar-refractivity contribution in [2.45, 2.75) is 25.8 Å². The molecule has 1 aromatic rings. The Morgan fingerprint density at radius 1 is 1.45 bits per heavy atom. The van der Waals surface area contributed by atoms with Gasteiger partial charge in [-0.1, -0.05) is 11.6 Å². The smallest absolute Gasteiger partial charge is 0.317 e. The molecule has 1 saturated carbocycles. The summed E-state index contributed by atoms with van der Waals surface area (Å²) >= 11 is 6.15. The number of rotatable bonds is 6. The third-order valence-electron chi connectivity index (χ3n) is 3.79. The van der Waals surface area contributed by atoms with Crippen LogP contribution in [0.1, 0.15) is 24.0 Å². The van der Waals surface area contributed by atoms with Crippen LogP contribution in [-0.2, 0) is 17.8 Å². The average molecular weight is 296 g/mol. The molecule has 0 radical (unpaired) electrons.